The quantitative estimate of drug-likeness (QED) is 0.320. The van der Waals surface area contributed by atoms with E-state index in [1.807, 2.05) is 17.5 Å². The van der Waals surface area contributed by atoms with Gasteiger partial charge in [-0.2, -0.15) is 0 Å². The van der Waals surface area contributed by atoms with Crippen molar-refractivity contribution >= 4 is 63.9 Å². The Morgan fingerprint density at radius 1 is 0.973 bits per heavy atom. The van der Waals surface area contributed by atoms with Crippen molar-refractivity contribution in [3.63, 3.8) is 0 Å². The molecule has 2 aliphatic rings. The lowest BCUT2D eigenvalue weighted by atomic mass is 9.87. The van der Waals surface area contributed by atoms with Crippen LogP contribution in [0.25, 0.3) is 0 Å². The van der Waals surface area contributed by atoms with Gasteiger partial charge in [-0.25, -0.2) is 9.69 Å². The zero-order valence-electron chi connectivity index (χ0n) is 19.9. The maximum Gasteiger partial charge on any atom is 0.338 e. The first kappa shape index (κ1) is 25.4. The summed E-state index contributed by atoms with van der Waals surface area (Å²) < 4.78 is 11.4. The normalized spacial score (nSPS) is 20.5. The summed E-state index contributed by atoms with van der Waals surface area (Å²) in [4.78, 5) is 67.0. The molecule has 0 saturated carbocycles. The number of imide groups is 1. The van der Waals surface area contributed by atoms with Crippen LogP contribution in [0.5, 0.6) is 0 Å². The molecule has 4 heterocycles. The number of nitrogens with zero attached hydrogens (tertiary/aromatic N) is 2. The summed E-state index contributed by atoms with van der Waals surface area (Å²) in [6.07, 6.45) is 0. The van der Waals surface area contributed by atoms with Gasteiger partial charge in [0.15, 0.2) is 0 Å². The smallest absolute Gasteiger partial charge is 0.338 e. The van der Waals surface area contributed by atoms with Gasteiger partial charge in [-0.1, -0.05) is 29.2 Å². The second kappa shape index (κ2) is 10.3. The standard InChI is InChI=1S/C25H22N2O7S3/c1-3-33-16(28)12-26-23-20(37-25(26)32)17(15-6-5-11-35-15)18-19(36-23)22(30)27(21(18)29)14-9-7-13(8-10-14)24(31)34-4-2/h5-11,17-19H,3-4,12H2,1-2H3/t17-,18-,19+/m0/s1. The van der Waals surface area contributed by atoms with Gasteiger partial charge in [0.05, 0.1) is 35.4 Å². The Bertz CT molecular complexity index is 1430. The predicted octanol–water partition coefficient (Wildman–Crippen LogP) is 3.51. The van der Waals surface area contributed by atoms with Crippen molar-refractivity contribution < 1.29 is 28.7 Å². The highest BCUT2D eigenvalue weighted by molar-refractivity contribution is 8.00. The third kappa shape index (κ3) is 4.42. The molecule has 2 aliphatic heterocycles. The fourth-order valence-electron chi connectivity index (χ4n) is 4.58. The Labute approximate surface area is 224 Å². The number of ether oxygens (including phenoxy) is 2. The number of thiazole rings is 1. The zero-order valence-corrected chi connectivity index (χ0v) is 22.3. The number of thioether (sulfide) groups is 1. The molecular weight excluding hydrogens is 536 g/mol. The lowest BCUT2D eigenvalue weighted by Crippen LogP contribution is -2.32. The third-order valence-electron chi connectivity index (χ3n) is 6.13. The minimum absolute atomic E-state index is 0.187. The zero-order chi connectivity index (χ0) is 26.3. The number of aromatic nitrogens is 1. The number of carbonyl (C=O) groups excluding carboxylic acids is 4. The molecule has 1 fully saturated rings. The molecule has 9 nitrogen and oxygen atoms in total. The Balaban J connectivity index is 1.54. The number of rotatable bonds is 7. The second-order valence-corrected chi connectivity index (χ2v) is 11.4. The average molecular weight is 559 g/mol. The van der Waals surface area contributed by atoms with Crippen LogP contribution in [0, 0.1) is 5.92 Å². The summed E-state index contributed by atoms with van der Waals surface area (Å²) >= 11 is 3.59. The highest BCUT2D eigenvalue weighted by atomic mass is 32.2. The topological polar surface area (TPSA) is 112 Å². The number of thiophene rings is 1. The first-order chi connectivity index (χ1) is 17.8. The highest BCUT2D eigenvalue weighted by Gasteiger charge is 2.57. The van der Waals surface area contributed by atoms with Crippen LogP contribution < -0.4 is 9.77 Å². The Hall–Kier alpha value is -3.22. The fraction of sp³-hybridized carbons (Fsp3) is 0.320. The van der Waals surface area contributed by atoms with Gasteiger partial charge in [-0.3, -0.25) is 23.7 Å². The van der Waals surface area contributed by atoms with Gasteiger partial charge >= 0.3 is 16.8 Å². The summed E-state index contributed by atoms with van der Waals surface area (Å²) in [5.41, 5.74) is 0.674. The van der Waals surface area contributed by atoms with E-state index in [0.717, 1.165) is 32.9 Å². The summed E-state index contributed by atoms with van der Waals surface area (Å²) in [6, 6.07) is 9.90. The molecule has 0 bridgehead atoms. The number of hydrogen-bond donors (Lipinski definition) is 0. The molecule has 0 aliphatic carbocycles. The maximum absolute atomic E-state index is 13.8. The Kier molecular flexibility index (Phi) is 7.06. The minimum atomic E-state index is -0.778. The van der Waals surface area contributed by atoms with E-state index in [0.29, 0.717) is 21.2 Å². The molecule has 0 radical (unpaired) electrons. The average Bonchev–Trinajstić information content (AvgIpc) is 3.57. The monoisotopic (exact) mass is 558 g/mol. The van der Waals surface area contributed by atoms with Crippen LogP contribution in [0.15, 0.2) is 51.6 Å². The first-order valence-corrected chi connectivity index (χ1v) is 14.2. The molecule has 1 saturated heterocycles. The fourth-order valence-corrected chi connectivity index (χ4v) is 8.30. The van der Waals surface area contributed by atoms with Crippen molar-refractivity contribution in [3.05, 3.63) is 66.8 Å². The number of esters is 2. The largest absolute Gasteiger partial charge is 0.465 e. The summed E-state index contributed by atoms with van der Waals surface area (Å²) in [5, 5.41) is 1.62. The Morgan fingerprint density at radius 2 is 1.70 bits per heavy atom. The van der Waals surface area contributed by atoms with Crippen molar-refractivity contribution in [2.75, 3.05) is 18.1 Å². The minimum Gasteiger partial charge on any atom is -0.465 e. The number of amides is 2. The van der Waals surface area contributed by atoms with Crippen LogP contribution >= 0.6 is 34.4 Å². The predicted molar refractivity (Wildman–Crippen MR) is 139 cm³/mol. The van der Waals surface area contributed by atoms with E-state index in [1.165, 1.54) is 28.0 Å². The van der Waals surface area contributed by atoms with Gasteiger partial charge in [0, 0.05) is 15.7 Å². The number of benzene rings is 1. The number of anilines is 1. The van der Waals surface area contributed by atoms with E-state index in [9.17, 15) is 24.0 Å². The molecular formula is C25H22N2O7S3. The molecule has 3 atom stereocenters. The van der Waals surface area contributed by atoms with Gasteiger partial charge in [-0.15, -0.1) is 11.3 Å². The van der Waals surface area contributed by atoms with Crippen LogP contribution in [0.1, 0.15) is 39.9 Å². The molecule has 192 valence electrons. The SMILES string of the molecule is CCOC(=O)Cn1c2c(sc1=O)[C@@H](c1cccs1)[C@@H]1C(=O)N(c3ccc(C(=O)OCC)cc3)C(=O)[C@@H]1S2. The molecule has 1 aromatic carbocycles. The maximum atomic E-state index is 13.8. The van der Waals surface area contributed by atoms with Crippen LogP contribution in [0.4, 0.5) is 5.69 Å². The van der Waals surface area contributed by atoms with E-state index in [1.54, 1.807) is 26.0 Å². The van der Waals surface area contributed by atoms with E-state index in [-0.39, 0.29) is 30.5 Å². The molecule has 37 heavy (non-hydrogen) atoms. The lowest BCUT2D eigenvalue weighted by molar-refractivity contribution is -0.144. The van der Waals surface area contributed by atoms with E-state index < -0.39 is 34.9 Å². The third-order valence-corrected chi connectivity index (χ3v) is 9.69. The summed E-state index contributed by atoms with van der Waals surface area (Å²) in [7, 11) is 0. The molecule has 2 aromatic heterocycles. The number of carbonyl (C=O) groups is 4. The van der Waals surface area contributed by atoms with E-state index >= 15 is 0 Å². The second-order valence-electron chi connectivity index (χ2n) is 8.27. The first-order valence-electron chi connectivity index (χ1n) is 11.6. The summed E-state index contributed by atoms with van der Waals surface area (Å²) in [6.45, 7) is 3.56. The highest BCUT2D eigenvalue weighted by Crippen LogP contribution is 2.54. The van der Waals surface area contributed by atoms with Crippen molar-refractivity contribution in [2.24, 2.45) is 5.92 Å². The van der Waals surface area contributed by atoms with Crippen LogP contribution in [-0.2, 0) is 30.4 Å². The number of hydrogen-bond acceptors (Lipinski definition) is 10. The molecule has 5 rings (SSSR count). The molecule has 0 spiro atoms. The number of fused-ring (bicyclic) bond motifs is 2. The van der Waals surface area contributed by atoms with Gasteiger partial charge in [0.25, 0.3) is 0 Å². The molecule has 0 N–H and O–H groups in total. The molecule has 3 aromatic rings. The van der Waals surface area contributed by atoms with Crippen LogP contribution in [-0.4, -0.2) is 46.8 Å². The van der Waals surface area contributed by atoms with Crippen molar-refractivity contribution in [1.29, 1.82) is 0 Å². The van der Waals surface area contributed by atoms with E-state index in [4.69, 9.17) is 9.47 Å². The van der Waals surface area contributed by atoms with Crippen molar-refractivity contribution in [2.45, 2.75) is 36.6 Å². The van der Waals surface area contributed by atoms with Crippen LogP contribution in [0.2, 0.25) is 0 Å². The van der Waals surface area contributed by atoms with Gasteiger partial charge < -0.3 is 9.47 Å². The van der Waals surface area contributed by atoms with Gasteiger partial charge in [-0.05, 0) is 49.6 Å². The van der Waals surface area contributed by atoms with E-state index in [2.05, 4.69) is 0 Å². The van der Waals surface area contributed by atoms with Crippen molar-refractivity contribution in [1.82, 2.24) is 4.57 Å². The van der Waals surface area contributed by atoms with Crippen LogP contribution in [0.3, 0.4) is 0 Å². The molecule has 0 unspecified atom stereocenters. The molecule has 2 amide bonds. The van der Waals surface area contributed by atoms with Gasteiger partial charge in [0.2, 0.25) is 11.8 Å². The summed E-state index contributed by atoms with van der Waals surface area (Å²) in [5.74, 6) is -3.02. The van der Waals surface area contributed by atoms with Crippen molar-refractivity contribution in [3.8, 4) is 0 Å². The molecule has 12 heteroatoms. The Morgan fingerprint density at radius 3 is 2.35 bits per heavy atom. The lowest BCUT2D eigenvalue weighted by Gasteiger charge is -2.29. The van der Waals surface area contributed by atoms with Gasteiger partial charge in [0.1, 0.15) is 11.8 Å².